The van der Waals surface area contributed by atoms with Crippen LogP contribution in [0.3, 0.4) is 0 Å². The Labute approximate surface area is 86.4 Å². The predicted molar refractivity (Wildman–Crippen MR) is 56.3 cm³/mol. The highest BCUT2D eigenvalue weighted by molar-refractivity contribution is 14.1. The summed E-state index contributed by atoms with van der Waals surface area (Å²) in [6.45, 7) is 0.912. The molecule has 0 saturated carbocycles. The first-order valence-electron chi connectivity index (χ1n) is 3.60. The zero-order valence-corrected chi connectivity index (χ0v) is 9.28. The number of nitrogens with zero attached hydrogens (tertiary/aromatic N) is 2. The summed E-state index contributed by atoms with van der Waals surface area (Å²) in [6.07, 6.45) is 1.76. The van der Waals surface area contributed by atoms with Crippen LogP contribution in [0.1, 0.15) is 5.56 Å². The Morgan fingerprint density at radius 1 is 1.58 bits per heavy atom. The molecule has 66 valence electrons. The van der Waals surface area contributed by atoms with Crippen molar-refractivity contribution in [1.29, 1.82) is 0 Å². The van der Waals surface area contributed by atoms with Gasteiger partial charge in [-0.05, 0) is 25.7 Å². The van der Waals surface area contributed by atoms with Gasteiger partial charge in [0.2, 0.25) is 5.88 Å². The Morgan fingerprint density at radius 2 is 2.33 bits per heavy atom. The first-order chi connectivity index (χ1) is 5.72. The summed E-state index contributed by atoms with van der Waals surface area (Å²) in [6, 6.07) is 3.92. The fourth-order valence-electron chi connectivity index (χ4n) is 0.956. The molecule has 12 heavy (non-hydrogen) atoms. The topological polar surface area (TPSA) is 25.4 Å². The monoisotopic (exact) mass is 278 g/mol. The summed E-state index contributed by atoms with van der Waals surface area (Å²) < 4.78 is 4.98. The van der Waals surface area contributed by atoms with Crippen LogP contribution in [0.2, 0.25) is 0 Å². The summed E-state index contributed by atoms with van der Waals surface area (Å²) >= 11 is 1.83. The molecule has 3 nitrogen and oxygen atoms in total. The number of hydrogen-bond donors (Lipinski definition) is 0. The SMILES string of the molecule is CN(C)Cc1ccnc(OI)c1. The molecule has 0 saturated heterocycles. The van der Waals surface area contributed by atoms with E-state index in [2.05, 4.69) is 9.88 Å². The zero-order chi connectivity index (χ0) is 8.97. The lowest BCUT2D eigenvalue weighted by Gasteiger charge is -2.09. The lowest BCUT2D eigenvalue weighted by Crippen LogP contribution is -2.10. The molecule has 1 heterocycles. The number of rotatable bonds is 3. The molecule has 1 rings (SSSR count). The third-order valence-electron chi connectivity index (χ3n) is 1.38. The van der Waals surface area contributed by atoms with Crippen molar-refractivity contribution in [1.82, 2.24) is 9.88 Å². The minimum absolute atomic E-state index is 0.662. The number of aromatic nitrogens is 1. The van der Waals surface area contributed by atoms with Gasteiger partial charge in [0.05, 0.1) is 0 Å². The van der Waals surface area contributed by atoms with Gasteiger partial charge >= 0.3 is 0 Å². The third-order valence-corrected chi connectivity index (χ3v) is 1.83. The summed E-state index contributed by atoms with van der Waals surface area (Å²) in [5.74, 6) is 0.662. The van der Waals surface area contributed by atoms with Crippen LogP contribution >= 0.6 is 23.0 Å². The molecule has 0 aliphatic heterocycles. The zero-order valence-electron chi connectivity index (χ0n) is 7.12. The van der Waals surface area contributed by atoms with E-state index in [0.717, 1.165) is 6.54 Å². The van der Waals surface area contributed by atoms with Gasteiger partial charge in [-0.1, -0.05) is 0 Å². The lowest BCUT2D eigenvalue weighted by molar-refractivity contribution is 0.402. The van der Waals surface area contributed by atoms with Crippen LogP contribution < -0.4 is 3.07 Å². The highest BCUT2D eigenvalue weighted by Crippen LogP contribution is 2.12. The standard InChI is InChI=1S/C8H11IN2O/c1-11(2)6-7-3-4-10-8(5-7)12-9/h3-5H,6H2,1-2H3. The molecule has 0 bridgehead atoms. The van der Waals surface area contributed by atoms with E-state index in [1.165, 1.54) is 5.56 Å². The molecular weight excluding hydrogens is 267 g/mol. The van der Waals surface area contributed by atoms with Crippen molar-refractivity contribution in [2.45, 2.75) is 6.54 Å². The van der Waals surface area contributed by atoms with Gasteiger partial charge in [0.1, 0.15) is 0 Å². The third kappa shape index (κ3) is 2.94. The largest absolute Gasteiger partial charge is 0.408 e. The van der Waals surface area contributed by atoms with Gasteiger partial charge in [-0.2, -0.15) is 0 Å². The average molecular weight is 278 g/mol. The molecule has 0 radical (unpaired) electrons. The second kappa shape index (κ2) is 4.61. The van der Waals surface area contributed by atoms with Crippen LogP contribution in [0.25, 0.3) is 0 Å². The van der Waals surface area contributed by atoms with E-state index < -0.39 is 0 Å². The van der Waals surface area contributed by atoms with Crippen molar-refractivity contribution >= 4 is 23.0 Å². The van der Waals surface area contributed by atoms with E-state index in [0.29, 0.717) is 5.88 Å². The minimum Gasteiger partial charge on any atom is -0.408 e. The molecule has 4 heteroatoms. The molecule has 0 atom stereocenters. The van der Waals surface area contributed by atoms with E-state index in [4.69, 9.17) is 3.07 Å². The smallest absolute Gasteiger partial charge is 0.224 e. The number of hydrogen-bond acceptors (Lipinski definition) is 3. The highest BCUT2D eigenvalue weighted by atomic mass is 127. The highest BCUT2D eigenvalue weighted by Gasteiger charge is 1.97. The van der Waals surface area contributed by atoms with Gasteiger partial charge in [-0.15, -0.1) is 0 Å². The lowest BCUT2D eigenvalue weighted by atomic mass is 10.2. The summed E-state index contributed by atoms with van der Waals surface area (Å²) in [4.78, 5) is 6.12. The molecule has 0 aliphatic rings. The molecular formula is C8H11IN2O. The Hall–Kier alpha value is -0.360. The molecule has 0 aromatic carbocycles. The van der Waals surface area contributed by atoms with E-state index in [1.807, 2.05) is 49.2 Å². The first kappa shape index (κ1) is 9.73. The van der Waals surface area contributed by atoms with E-state index in [9.17, 15) is 0 Å². The molecule has 0 amide bonds. The van der Waals surface area contributed by atoms with Gasteiger partial charge in [-0.3, -0.25) is 0 Å². The van der Waals surface area contributed by atoms with E-state index >= 15 is 0 Å². The molecule has 0 N–H and O–H groups in total. The summed E-state index contributed by atoms with van der Waals surface area (Å²) in [7, 11) is 4.07. The number of pyridine rings is 1. The second-order valence-corrected chi connectivity index (χ2v) is 3.26. The second-order valence-electron chi connectivity index (χ2n) is 2.82. The summed E-state index contributed by atoms with van der Waals surface area (Å²) in [5, 5.41) is 0. The van der Waals surface area contributed by atoms with Crippen molar-refractivity contribution < 1.29 is 3.07 Å². The van der Waals surface area contributed by atoms with Gasteiger partial charge in [-0.25, -0.2) is 4.98 Å². The Bertz CT molecular complexity index is 253. The van der Waals surface area contributed by atoms with Gasteiger partial charge in [0.25, 0.3) is 0 Å². The summed E-state index contributed by atoms with van der Waals surface area (Å²) in [5.41, 5.74) is 1.21. The Kier molecular flexibility index (Phi) is 3.74. The molecule has 1 aromatic rings. The predicted octanol–water partition coefficient (Wildman–Crippen LogP) is 1.87. The van der Waals surface area contributed by atoms with Gasteiger partial charge in [0.15, 0.2) is 23.0 Å². The van der Waals surface area contributed by atoms with Gasteiger partial charge in [0, 0.05) is 18.8 Å². The average Bonchev–Trinajstić information content (AvgIpc) is 2.03. The van der Waals surface area contributed by atoms with Crippen LogP contribution in [0.5, 0.6) is 5.88 Å². The van der Waals surface area contributed by atoms with Gasteiger partial charge < -0.3 is 7.97 Å². The molecule has 1 aromatic heterocycles. The molecule has 0 fully saturated rings. The van der Waals surface area contributed by atoms with Crippen molar-refractivity contribution in [2.75, 3.05) is 14.1 Å². The van der Waals surface area contributed by atoms with E-state index in [-0.39, 0.29) is 0 Å². The first-order valence-corrected chi connectivity index (χ1v) is 4.48. The maximum atomic E-state index is 4.98. The van der Waals surface area contributed by atoms with Crippen LogP contribution in [0.15, 0.2) is 18.3 Å². The Morgan fingerprint density at radius 3 is 2.92 bits per heavy atom. The fraction of sp³-hybridized carbons (Fsp3) is 0.375. The maximum absolute atomic E-state index is 4.98. The Balaban J connectivity index is 2.72. The quantitative estimate of drug-likeness (QED) is 0.789. The number of halogens is 1. The van der Waals surface area contributed by atoms with Crippen LogP contribution in [0, 0.1) is 0 Å². The van der Waals surface area contributed by atoms with Crippen molar-refractivity contribution in [2.24, 2.45) is 0 Å². The van der Waals surface area contributed by atoms with E-state index in [1.54, 1.807) is 6.20 Å². The molecule has 0 aliphatic carbocycles. The van der Waals surface area contributed by atoms with Crippen molar-refractivity contribution in [3.05, 3.63) is 23.9 Å². The molecule has 0 spiro atoms. The minimum atomic E-state index is 0.662. The van der Waals surface area contributed by atoms with Crippen LogP contribution in [-0.4, -0.2) is 24.0 Å². The van der Waals surface area contributed by atoms with Crippen LogP contribution in [-0.2, 0) is 6.54 Å². The van der Waals surface area contributed by atoms with Crippen LogP contribution in [0.4, 0.5) is 0 Å². The van der Waals surface area contributed by atoms with Crippen molar-refractivity contribution in [3.8, 4) is 5.88 Å². The molecule has 0 unspecified atom stereocenters. The fourth-order valence-corrected chi connectivity index (χ4v) is 1.20. The van der Waals surface area contributed by atoms with Crippen molar-refractivity contribution in [3.63, 3.8) is 0 Å². The normalized spacial score (nSPS) is 10.3. The maximum Gasteiger partial charge on any atom is 0.224 e.